The van der Waals surface area contributed by atoms with E-state index in [1.807, 2.05) is 60.5 Å². The number of aliphatic carboxylic acids is 1. The Morgan fingerprint density at radius 3 is 1.91 bits per heavy atom. The number of methoxy groups -OCH3 is 2. The Morgan fingerprint density at radius 2 is 1.38 bits per heavy atom. The van der Waals surface area contributed by atoms with E-state index in [9.17, 15) is 63.4 Å². The van der Waals surface area contributed by atoms with Crippen LogP contribution in [0.2, 0.25) is 0 Å². The van der Waals surface area contributed by atoms with Crippen molar-refractivity contribution in [2.24, 2.45) is 58.2 Å². The number of ether oxygens (including phenoxy) is 2. The number of carboxylic acids is 1. The number of rotatable bonds is 39. The van der Waals surface area contributed by atoms with Crippen molar-refractivity contribution in [2.45, 2.75) is 195 Å². The Morgan fingerprint density at radius 1 is 0.750 bits per heavy atom. The van der Waals surface area contributed by atoms with Crippen LogP contribution in [0, 0.1) is 47.3 Å². The number of hydrogen-bond acceptors (Lipinski definition) is 15. The quantitative estimate of drug-likeness (QED) is 0.0358. The molecule has 2 saturated heterocycles. The highest BCUT2D eigenvalue weighted by atomic mass is 16.5. The molecule has 5 N–H and O–H groups in total. The number of piperidine rings is 1. The van der Waals surface area contributed by atoms with Gasteiger partial charge in [-0.1, -0.05) is 91.2 Å². The van der Waals surface area contributed by atoms with Crippen LogP contribution in [0.4, 0.5) is 0 Å². The molecule has 2 aliphatic rings. The van der Waals surface area contributed by atoms with Gasteiger partial charge in [0.15, 0.2) is 11.6 Å². The molecule has 0 saturated carbocycles. The van der Waals surface area contributed by atoms with E-state index in [0.717, 1.165) is 5.56 Å². The summed E-state index contributed by atoms with van der Waals surface area (Å²) >= 11 is 0. The molecule has 24 nitrogen and oxygen atoms in total. The number of carboxylic acid groups (broad SMARTS) is 1. The van der Waals surface area contributed by atoms with Gasteiger partial charge in [-0.3, -0.25) is 57.6 Å². The molecule has 0 aliphatic carbocycles. The molecular formula is C64H102N10O14. The molecule has 88 heavy (non-hydrogen) atoms. The molecule has 0 spiro atoms. The maximum Gasteiger partial charge on any atom is 0.306 e. The molecule has 0 radical (unpaired) electrons. The molecular weight excluding hydrogens is 1130 g/mol. The predicted molar refractivity (Wildman–Crippen MR) is 331 cm³/mol. The Kier molecular flexibility index (Phi) is 31.6. The van der Waals surface area contributed by atoms with Crippen molar-refractivity contribution in [2.75, 3.05) is 61.5 Å². The highest BCUT2D eigenvalue weighted by Crippen LogP contribution is 2.32. The summed E-state index contributed by atoms with van der Waals surface area (Å²) in [6.45, 7) is 17.5. The molecule has 2 heterocycles. The SMILES string of the molecule is CC[C@H](C)[C@@H]([C@@H](CC(=O)N1CCC[C@H]1[C@H](OC)[C@@H](C)C(=O)N[C@H](CN=[N+]=[N-])Cc1ccc(CC(=O)[C@H](CC(N)=O)CC(=O)[C@H](C)NC(=O)[C@H](C)CC(=O)CCC(=O)N2CCC(C(=O)O)CC2)cc1)OC)N(C)C(=O)[C@@H](CC(=O)[C@H](C(C)C)N(C)C)C(C)C. The zero-order valence-electron chi connectivity index (χ0n) is 54.7. The number of nitrogens with two attached hydrogens (primary N) is 1. The number of carbonyl (C=O) groups excluding carboxylic acids is 10. The minimum Gasteiger partial charge on any atom is -0.481 e. The molecule has 3 rings (SSSR count). The van der Waals surface area contributed by atoms with Crippen molar-refractivity contribution >= 4 is 64.5 Å². The van der Waals surface area contributed by atoms with Crippen molar-refractivity contribution in [1.82, 2.24) is 30.2 Å². The lowest BCUT2D eigenvalue weighted by Crippen LogP contribution is -2.54. The summed E-state index contributed by atoms with van der Waals surface area (Å²) in [6, 6.07) is 3.81. The summed E-state index contributed by atoms with van der Waals surface area (Å²) < 4.78 is 12.1. The third-order valence-electron chi connectivity index (χ3n) is 17.9. The predicted octanol–water partition coefficient (Wildman–Crippen LogP) is 5.53. The number of nitrogens with one attached hydrogen (secondary N) is 2. The highest BCUT2D eigenvalue weighted by Gasteiger charge is 2.44. The van der Waals surface area contributed by atoms with E-state index >= 15 is 0 Å². The number of ketones is 4. The molecule has 0 unspecified atom stereocenters. The number of nitrogens with zero attached hydrogens (tertiary/aromatic N) is 7. The van der Waals surface area contributed by atoms with Gasteiger partial charge in [-0.2, -0.15) is 0 Å². The molecule has 1 aromatic carbocycles. The molecule has 12 atom stereocenters. The second-order valence-corrected chi connectivity index (χ2v) is 25.5. The van der Waals surface area contributed by atoms with Crippen LogP contribution in [-0.2, 0) is 75.1 Å². The van der Waals surface area contributed by atoms with Crippen molar-refractivity contribution in [1.29, 1.82) is 0 Å². The van der Waals surface area contributed by atoms with Crippen LogP contribution in [0.1, 0.15) is 150 Å². The molecule has 2 fully saturated rings. The van der Waals surface area contributed by atoms with Crippen molar-refractivity contribution in [3.63, 3.8) is 0 Å². The fraction of sp³-hybridized carbons (Fsp3) is 0.734. The largest absolute Gasteiger partial charge is 0.481 e. The number of likely N-dealkylation sites (tertiary alicyclic amines) is 2. The first-order valence-electron chi connectivity index (χ1n) is 31.3. The number of amides is 6. The van der Waals surface area contributed by atoms with Gasteiger partial charge in [0.25, 0.3) is 0 Å². The number of likely N-dealkylation sites (N-methyl/N-ethyl adjacent to an activating group) is 2. The van der Waals surface area contributed by atoms with Crippen molar-refractivity contribution in [3.05, 3.63) is 45.8 Å². The lowest BCUT2D eigenvalue weighted by molar-refractivity contribution is -0.149. The monoisotopic (exact) mass is 1230 g/mol. The van der Waals surface area contributed by atoms with Crippen LogP contribution in [0.25, 0.3) is 10.4 Å². The standard InChI is InChI=1S/C64H102N10O14/c1-15-39(6)59(72(12)63(84)49(37(2)3)34-53(78)58(38(4)5)71(10)11)54(87-13)35-57(81)74-26-16-17-50(74)60(88-14)41(8)62(83)69-47(36-67-70-66)30-43-18-20-44(21-19-43)31-52(77)46(33-55(65)79)32-51(76)42(9)68-61(82)40(7)29-48(75)22-23-56(80)73-27-24-45(25-28-73)64(85)86/h18-21,37-42,45-47,49-50,54,58-60H,15-17,22-36H2,1-14H3,(H2,65,79)(H,68,82)(H,69,83)(H,85,86)/t39-,40+,41+,42-,46-,47-,49-,50-,54+,58-,59-,60+/m0/s1. The van der Waals surface area contributed by atoms with Crippen LogP contribution >= 0.6 is 0 Å². The normalized spacial score (nSPS) is 18.4. The summed E-state index contributed by atoms with van der Waals surface area (Å²) in [4.78, 5) is 156. The summed E-state index contributed by atoms with van der Waals surface area (Å²) in [5.74, 6) is -8.59. The number of carbonyl (C=O) groups is 11. The smallest absolute Gasteiger partial charge is 0.306 e. The second kappa shape index (κ2) is 36.8. The first kappa shape index (κ1) is 75.6. The van der Waals surface area contributed by atoms with Crippen molar-refractivity contribution < 1.29 is 67.3 Å². The lowest BCUT2D eigenvalue weighted by atomic mass is 9.83. The number of Topliss-reactive ketones (excluding diaryl/α,β-unsaturated/α-hetero) is 4. The molecule has 24 heteroatoms. The van der Waals surface area contributed by atoms with E-state index in [2.05, 4.69) is 20.7 Å². The maximum atomic E-state index is 14.5. The van der Waals surface area contributed by atoms with Gasteiger partial charge >= 0.3 is 5.97 Å². The van der Waals surface area contributed by atoms with E-state index in [-0.39, 0.29) is 105 Å². The fourth-order valence-corrected chi connectivity index (χ4v) is 12.5. The number of benzene rings is 1. The number of primary amides is 1. The number of hydrogen-bond donors (Lipinski definition) is 4. The van der Waals surface area contributed by atoms with Crippen LogP contribution in [0.5, 0.6) is 0 Å². The van der Waals surface area contributed by atoms with Crippen LogP contribution in [0.15, 0.2) is 29.4 Å². The Bertz CT molecular complexity index is 2590. The molecule has 2 aliphatic heterocycles. The zero-order chi connectivity index (χ0) is 66.3. The molecule has 0 aromatic heterocycles. The summed E-state index contributed by atoms with van der Waals surface area (Å²) in [5, 5.41) is 18.6. The summed E-state index contributed by atoms with van der Waals surface area (Å²) in [5.41, 5.74) is 16.1. The van der Waals surface area contributed by atoms with E-state index in [1.165, 1.54) is 28.1 Å². The van der Waals surface area contributed by atoms with Gasteiger partial charge in [0, 0.05) is 121 Å². The van der Waals surface area contributed by atoms with E-state index < -0.39 is 114 Å². The minimum atomic E-state index is -1.10. The average Bonchev–Trinajstić information content (AvgIpc) is 2.20. The molecule has 0 bridgehead atoms. The first-order chi connectivity index (χ1) is 41.4. The summed E-state index contributed by atoms with van der Waals surface area (Å²) in [6.07, 6.45) is 0.0983. The van der Waals surface area contributed by atoms with Gasteiger partial charge in [0.1, 0.15) is 11.6 Å². The van der Waals surface area contributed by atoms with Crippen molar-refractivity contribution in [3.8, 4) is 0 Å². The average molecular weight is 1240 g/mol. The molecule has 6 amide bonds. The Labute approximate surface area is 520 Å². The second-order valence-electron chi connectivity index (χ2n) is 25.5. The lowest BCUT2D eigenvalue weighted by Gasteiger charge is -2.41. The third-order valence-corrected chi connectivity index (χ3v) is 17.9. The van der Waals surface area contributed by atoms with Gasteiger partial charge in [0.05, 0.1) is 54.6 Å². The van der Waals surface area contributed by atoms with E-state index in [4.69, 9.17) is 15.2 Å². The highest BCUT2D eigenvalue weighted by molar-refractivity contribution is 5.96. The topological polar surface area (TPSA) is 338 Å². The van der Waals surface area contributed by atoms with E-state index in [1.54, 1.807) is 52.9 Å². The van der Waals surface area contributed by atoms with Gasteiger partial charge in [-0.25, -0.2) is 0 Å². The van der Waals surface area contributed by atoms with Gasteiger partial charge in [0.2, 0.25) is 35.4 Å². The molecule has 492 valence electrons. The molecule has 1 aromatic rings. The maximum absolute atomic E-state index is 14.5. The third kappa shape index (κ3) is 22.8. The van der Waals surface area contributed by atoms with Crippen LogP contribution < -0.4 is 16.4 Å². The Hall–Kier alpha value is -6.62. The van der Waals surface area contributed by atoms with Gasteiger partial charge in [-0.15, -0.1) is 0 Å². The van der Waals surface area contributed by atoms with Crippen LogP contribution in [-0.4, -0.2) is 193 Å². The Balaban J connectivity index is 1.65. The van der Waals surface area contributed by atoms with Gasteiger partial charge in [-0.05, 0) is 87.5 Å². The minimum absolute atomic E-state index is 0.00255. The van der Waals surface area contributed by atoms with Gasteiger partial charge < -0.3 is 45.6 Å². The van der Waals surface area contributed by atoms with E-state index in [0.29, 0.717) is 57.3 Å². The fourth-order valence-electron chi connectivity index (χ4n) is 12.5. The zero-order valence-corrected chi connectivity index (χ0v) is 54.7. The van der Waals surface area contributed by atoms with Crippen LogP contribution in [0.3, 0.4) is 0 Å². The summed E-state index contributed by atoms with van der Waals surface area (Å²) in [7, 11) is 8.49. The first-order valence-corrected chi connectivity index (χ1v) is 31.3. The number of azide groups is 1.